The van der Waals surface area contributed by atoms with Crippen LogP contribution in [0, 0.1) is 0 Å². The predicted octanol–water partition coefficient (Wildman–Crippen LogP) is 5.88. The first-order chi connectivity index (χ1) is 15.6. The number of carbonyl (C=O) groups excluding carboxylic acids is 2. The van der Waals surface area contributed by atoms with Gasteiger partial charge >= 0.3 is 5.97 Å². The van der Waals surface area contributed by atoms with E-state index in [0.29, 0.717) is 16.1 Å². The SMILES string of the molecule is CCSc1ccccc1C(=O)Nc1sc2c(c1C(=O)OC)CCN(Cc1ccccc1)C2.Cl. The summed E-state index contributed by atoms with van der Waals surface area (Å²) in [6, 6.07) is 17.9. The Morgan fingerprint density at radius 1 is 1.12 bits per heavy atom. The van der Waals surface area contributed by atoms with E-state index in [4.69, 9.17) is 4.74 Å². The number of hydrogen-bond donors (Lipinski definition) is 1. The van der Waals surface area contributed by atoms with Crippen LogP contribution in [-0.2, 0) is 24.2 Å². The smallest absolute Gasteiger partial charge is 0.341 e. The lowest BCUT2D eigenvalue weighted by atomic mass is 10.0. The van der Waals surface area contributed by atoms with Gasteiger partial charge in [0.05, 0.1) is 18.2 Å². The molecule has 5 nitrogen and oxygen atoms in total. The number of fused-ring (bicyclic) bond motifs is 1. The van der Waals surface area contributed by atoms with Gasteiger partial charge in [-0.25, -0.2) is 4.79 Å². The first kappa shape index (κ1) is 25.3. The molecule has 0 saturated heterocycles. The van der Waals surface area contributed by atoms with Crippen molar-refractivity contribution >= 4 is 52.4 Å². The molecule has 1 aromatic heterocycles. The van der Waals surface area contributed by atoms with E-state index in [1.807, 2.05) is 42.5 Å². The molecule has 0 bridgehead atoms. The van der Waals surface area contributed by atoms with E-state index in [2.05, 4.69) is 29.3 Å². The van der Waals surface area contributed by atoms with E-state index in [-0.39, 0.29) is 18.3 Å². The molecule has 0 spiro atoms. The number of benzene rings is 2. The molecular weight excluding hydrogens is 476 g/mol. The normalized spacial score (nSPS) is 13.0. The average Bonchev–Trinajstić information content (AvgIpc) is 3.16. The van der Waals surface area contributed by atoms with Crippen molar-refractivity contribution in [2.45, 2.75) is 31.3 Å². The molecule has 0 saturated carbocycles. The van der Waals surface area contributed by atoms with Gasteiger partial charge in [-0.15, -0.1) is 35.5 Å². The summed E-state index contributed by atoms with van der Waals surface area (Å²) in [4.78, 5) is 30.2. The second kappa shape index (κ2) is 11.7. The standard InChI is InChI=1S/C25H26N2O3S2.ClH/c1-3-31-20-12-8-7-11-19(20)23(28)26-24-22(25(29)30-2)18-13-14-27(16-21(18)32-24)15-17-9-5-4-6-10-17;/h4-12H,3,13-16H2,1-2H3,(H,26,28);1H. The first-order valence-corrected chi connectivity index (χ1v) is 12.4. The van der Waals surface area contributed by atoms with Gasteiger partial charge in [-0.05, 0) is 35.4 Å². The van der Waals surface area contributed by atoms with Crippen LogP contribution in [0.4, 0.5) is 5.00 Å². The number of thiophene rings is 1. The molecule has 0 fully saturated rings. The van der Waals surface area contributed by atoms with E-state index in [1.165, 1.54) is 24.0 Å². The van der Waals surface area contributed by atoms with Crippen LogP contribution in [0.3, 0.4) is 0 Å². The van der Waals surface area contributed by atoms with Gasteiger partial charge < -0.3 is 10.1 Å². The summed E-state index contributed by atoms with van der Waals surface area (Å²) in [7, 11) is 1.38. The zero-order valence-corrected chi connectivity index (χ0v) is 21.1. The number of nitrogens with zero attached hydrogens (tertiary/aromatic N) is 1. The van der Waals surface area contributed by atoms with Crippen molar-refractivity contribution in [3.05, 3.63) is 81.7 Å². The van der Waals surface area contributed by atoms with Gasteiger partial charge in [0.15, 0.2) is 0 Å². The van der Waals surface area contributed by atoms with Crippen molar-refractivity contribution in [3.8, 4) is 0 Å². The topological polar surface area (TPSA) is 58.6 Å². The summed E-state index contributed by atoms with van der Waals surface area (Å²) in [6.07, 6.45) is 0.751. The van der Waals surface area contributed by atoms with Crippen LogP contribution >= 0.6 is 35.5 Å². The number of hydrogen-bond acceptors (Lipinski definition) is 6. The maximum Gasteiger partial charge on any atom is 0.341 e. The molecule has 1 aliphatic heterocycles. The highest BCUT2D eigenvalue weighted by Gasteiger charge is 2.29. The van der Waals surface area contributed by atoms with Crippen LogP contribution in [0.2, 0.25) is 0 Å². The molecule has 0 radical (unpaired) electrons. The molecule has 33 heavy (non-hydrogen) atoms. The highest BCUT2D eigenvalue weighted by Crippen LogP contribution is 2.38. The molecule has 0 aliphatic carbocycles. The Balaban J connectivity index is 0.00000306. The van der Waals surface area contributed by atoms with E-state index >= 15 is 0 Å². The summed E-state index contributed by atoms with van der Waals surface area (Å²) in [5, 5.41) is 3.58. The second-order valence-electron chi connectivity index (χ2n) is 7.53. The van der Waals surface area contributed by atoms with Gasteiger partial charge in [0, 0.05) is 29.4 Å². The van der Waals surface area contributed by atoms with Crippen LogP contribution in [0.1, 0.15) is 43.6 Å². The number of halogens is 1. The number of ether oxygens (including phenoxy) is 1. The Morgan fingerprint density at radius 3 is 2.58 bits per heavy atom. The number of esters is 1. The minimum absolute atomic E-state index is 0. The fourth-order valence-electron chi connectivity index (χ4n) is 3.95. The van der Waals surface area contributed by atoms with Crippen molar-refractivity contribution < 1.29 is 14.3 Å². The molecule has 1 N–H and O–H groups in total. The zero-order valence-electron chi connectivity index (χ0n) is 18.6. The fraction of sp³-hybridized carbons (Fsp3) is 0.280. The summed E-state index contributed by atoms with van der Waals surface area (Å²) < 4.78 is 5.07. The van der Waals surface area contributed by atoms with Crippen LogP contribution in [-0.4, -0.2) is 36.2 Å². The van der Waals surface area contributed by atoms with Crippen LogP contribution in [0.15, 0.2) is 59.5 Å². The lowest BCUT2D eigenvalue weighted by Gasteiger charge is -2.27. The molecule has 1 aliphatic rings. The minimum atomic E-state index is -0.398. The molecule has 2 aromatic carbocycles. The third-order valence-corrected chi connectivity index (χ3v) is 7.52. The highest BCUT2D eigenvalue weighted by molar-refractivity contribution is 7.99. The summed E-state index contributed by atoms with van der Waals surface area (Å²) in [5.41, 5.74) is 3.38. The predicted molar refractivity (Wildman–Crippen MR) is 138 cm³/mol. The van der Waals surface area contributed by atoms with Crippen molar-refractivity contribution in [2.24, 2.45) is 0 Å². The molecule has 0 atom stereocenters. The van der Waals surface area contributed by atoms with Crippen LogP contribution in [0.25, 0.3) is 0 Å². The lowest BCUT2D eigenvalue weighted by Crippen LogP contribution is -2.29. The third-order valence-electron chi connectivity index (χ3n) is 5.43. The number of rotatable bonds is 7. The van der Waals surface area contributed by atoms with Gasteiger partial charge in [-0.2, -0.15) is 0 Å². The monoisotopic (exact) mass is 502 g/mol. The molecular formula is C25H27ClN2O3S2. The highest BCUT2D eigenvalue weighted by atomic mass is 35.5. The summed E-state index contributed by atoms with van der Waals surface area (Å²) in [5.74, 6) is 0.277. The van der Waals surface area contributed by atoms with Gasteiger partial charge in [0.25, 0.3) is 5.91 Å². The van der Waals surface area contributed by atoms with Crippen molar-refractivity contribution in [2.75, 3.05) is 24.7 Å². The average molecular weight is 503 g/mol. The van der Waals surface area contributed by atoms with Crippen molar-refractivity contribution in [1.82, 2.24) is 4.90 Å². The van der Waals surface area contributed by atoms with Gasteiger partial charge in [0.2, 0.25) is 0 Å². The van der Waals surface area contributed by atoms with E-state index in [1.54, 1.807) is 11.8 Å². The third kappa shape index (κ3) is 5.79. The van der Waals surface area contributed by atoms with E-state index in [9.17, 15) is 9.59 Å². The number of methoxy groups -OCH3 is 1. The summed E-state index contributed by atoms with van der Waals surface area (Å²) >= 11 is 3.11. The molecule has 174 valence electrons. The molecule has 0 unspecified atom stereocenters. The maximum absolute atomic E-state index is 13.1. The second-order valence-corrected chi connectivity index (χ2v) is 9.94. The lowest BCUT2D eigenvalue weighted by molar-refractivity contribution is 0.0600. The number of thioether (sulfide) groups is 1. The molecule has 8 heteroatoms. The molecule has 4 rings (SSSR count). The number of anilines is 1. The maximum atomic E-state index is 13.1. The number of amides is 1. The largest absolute Gasteiger partial charge is 0.465 e. The Hall–Kier alpha value is -2.32. The Bertz CT molecular complexity index is 1120. The number of nitrogens with one attached hydrogen (secondary N) is 1. The molecule has 3 aromatic rings. The number of carbonyl (C=O) groups is 2. The van der Waals surface area contributed by atoms with Gasteiger partial charge in [-0.3, -0.25) is 9.69 Å². The molecule has 2 heterocycles. The van der Waals surface area contributed by atoms with E-state index < -0.39 is 5.97 Å². The van der Waals surface area contributed by atoms with Gasteiger partial charge in [-0.1, -0.05) is 49.4 Å². The Kier molecular flexibility index (Phi) is 8.97. The zero-order chi connectivity index (χ0) is 22.5. The Labute approximate surface area is 208 Å². The van der Waals surface area contributed by atoms with Crippen molar-refractivity contribution in [1.29, 1.82) is 0 Å². The molecule has 1 amide bonds. The fourth-order valence-corrected chi connectivity index (χ4v) is 6.02. The van der Waals surface area contributed by atoms with Crippen molar-refractivity contribution in [3.63, 3.8) is 0 Å². The summed E-state index contributed by atoms with van der Waals surface area (Å²) in [6.45, 7) is 4.52. The Morgan fingerprint density at radius 2 is 1.85 bits per heavy atom. The first-order valence-electron chi connectivity index (χ1n) is 10.6. The quantitative estimate of drug-likeness (QED) is 0.323. The minimum Gasteiger partial charge on any atom is -0.465 e. The van der Waals surface area contributed by atoms with Crippen LogP contribution in [0.5, 0.6) is 0 Å². The van der Waals surface area contributed by atoms with E-state index in [0.717, 1.165) is 47.1 Å². The van der Waals surface area contributed by atoms with Gasteiger partial charge in [0.1, 0.15) is 5.00 Å². The van der Waals surface area contributed by atoms with Crippen LogP contribution < -0.4 is 5.32 Å².